The molecule has 1 aliphatic carbocycles. The second kappa shape index (κ2) is 5.29. The van der Waals surface area contributed by atoms with Gasteiger partial charge in [-0.15, -0.1) is 0 Å². The molecule has 0 aromatic carbocycles. The quantitative estimate of drug-likeness (QED) is 0.690. The Bertz CT molecular complexity index is 738. The fourth-order valence-electron chi connectivity index (χ4n) is 2.65. The highest BCUT2D eigenvalue weighted by Crippen LogP contribution is 2.33. The molecular weight excluding hydrogens is 263 g/mol. The third-order valence-corrected chi connectivity index (χ3v) is 3.82. The van der Waals surface area contributed by atoms with Crippen molar-refractivity contribution >= 4 is 0 Å². The summed E-state index contributed by atoms with van der Waals surface area (Å²) in [6, 6.07) is 5.44. The minimum atomic E-state index is -0.373. The number of pyridine rings is 2. The van der Waals surface area contributed by atoms with Crippen LogP contribution >= 0.6 is 0 Å². The van der Waals surface area contributed by atoms with Crippen molar-refractivity contribution in [1.82, 2.24) is 9.97 Å². The van der Waals surface area contributed by atoms with E-state index in [0.29, 0.717) is 11.0 Å². The first-order chi connectivity index (χ1) is 10.0. The molecule has 0 N–H and O–H groups in total. The van der Waals surface area contributed by atoms with Gasteiger partial charge in [-0.1, -0.05) is 25.8 Å². The van der Waals surface area contributed by atoms with Gasteiger partial charge in [0.05, 0.1) is 6.20 Å². The van der Waals surface area contributed by atoms with E-state index in [9.17, 15) is 4.39 Å². The predicted molar refractivity (Wildman–Crippen MR) is 80.2 cm³/mol. The largest absolute Gasteiger partial charge is 0.260 e. The van der Waals surface area contributed by atoms with Crippen LogP contribution in [0.1, 0.15) is 42.8 Å². The smallest absolute Gasteiger partial charge is 0.142 e. The minimum Gasteiger partial charge on any atom is -0.260 e. The first kappa shape index (κ1) is 13.8. The monoisotopic (exact) mass is 280 g/mol. The van der Waals surface area contributed by atoms with E-state index in [1.807, 2.05) is 6.07 Å². The molecule has 0 amide bonds. The van der Waals surface area contributed by atoms with Crippen LogP contribution in [0.3, 0.4) is 0 Å². The second-order valence-electron chi connectivity index (χ2n) is 6.29. The average Bonchev–Trinajstić information content (AvgIpc) is 2.44. The molecule has 3 heteroatoms. The number of fused-ring (bicyclic) bond motifs is 1. The Balaban J connectivity index is 1.86. The second-order valence-corrected chi connectivity index (χ2v) is 6.29. The van der Waals surface area contributed by atoms with E-state index >= 15 is 0 Å². The Morgan fingerprint density at radius 2 is 2.05 bits per heavy atom. The summed E-state index contributed by atoms with van der Waals surface area (Å²) in [5.41, 5.74) is 4.13. The summed E-state index contributed by atoms with van der Waals surface area (Å²) in [6.07, 6.45) is 5.94. The van der Waals surface area contributed by atoms with Gasteiger partial charge in [0.15, 0.2) is 0 Å². The lowest BCUT2D eigenvalue weighted by atomic mass is 9.76. The lowest BCUT2D eigenvalue weighted by Crippen LogP contribution is -2.23. The van der Waals surface area contributed by atoms with Crippen molar-refractivity contribution in [1.29, 1.82) is 0 Å². The maximum absolute atomic E-state index is 13.0. The van der Waals surface area contributed by atoms with Crippen LogP contribution in [0, 0.1) is 23.1 Å². The van der Waals surface area contributed by atoms with Crippen LogP contribution in [0.5, 0.6) is 0 Å². The SMILES string of the molecule is CC1(C)CCc2nc(C#Cc3cncc(F)c3)ccc2C1. The molecule has 2 heterocycles. The molecule has 2 nitrogen and oxygen atoms in total. The van der Waals surface area contributed by atoms with Gasteiger partial charge in [-0.05, 0) is 48.3 Å². The third kappa shape index (κ3) is 3.28. The average molecular weight is 280 g/mol. The van der Waals surface area contributed by atoms with Crippen LogP contribution in [-0.2, 0) is 12.8 Å². The maximum Gasteiger partial charge on any atom is 0.142 e. The number of hydrogen-bond acceptors (Lipinski definition) is 2. The van der Waals surface area contributed by atoms with Gasteiger partial charge in [0.2, 0.25) is 0 Å². The molecule has 0 unspecified atom stereocenters. The van der Waals surface area contributed by atoms with Crippen LogP contribution in [0.25, 0.3) is 0 Å². The van der Waals surface area contributed by atoms with E-state index in [0.717, 1.165) is 30.7 Å². The Morgan fingerprint density at radius 1 is 1.19 bits per heavy atom. The fraction of sp³-hybridized carbons (Fsp3) is 0.333. The summed E-state index contributed by atoms with van der Waals surface area (Å²) in [6.45, 7) is 4.58. The molecule has 0 saturated heterocycles. The molecule has 21 heavy (non-hydrogen) atoms. The van der Waals surface area contributed by atoms with Crippen molar-refractivity contribution in [3.8, 4) is 11.8 Å². The number of hydrogen-bond donors (Lipinski definition) is 0. The van der Waals surface area contributed by atoms with Gasteiger partial charge < -0.3 is 0 Å². The molecular formula is C18H17FN2. The molecule has 1 aliphatic rings. The number of aryl methyl sites for hydroxylation is 1. The van der Waals surface area contributed by atoms with Gasteiger partial charge in [0.1, 0.15) is 11.5 Å². The standard InChI is InChI=1S/C18H17FN2/c1-18(2)8-7-17-14(10-18)4-6-16(21-17)5-3-13-9-15(19)12-20-11-13/h4,6,9,11-12H,7-8,10H2,1-2H3. The lowest BCUT2D eigenvalue weighted by Gasteiger charge is -2.30. The molecule has 0 fully saturated rings. The van der Waals surface area contributed by atoms with Crippen LogP contribution < -0.4 is 0 Å². The van der Waals surface area contributed by atoms with Crippen molar-refractivity contribution in [2.45, 2.75) is 33.1 Å². The van der Waals surface area contributed by atoms with Crippen molar-refractivity contribution < 1.29 is 4.39 Å². The number of halogens is 1. The topological polar surface area (TPSA) is 25.8 Å². The lowest BCUT2D eigenvalue weighted by molar-refractivity contribution is 0.312. The first-order valence-electron chi connectivity index (χ1n) is 7.13. The molecule has 0 atom stereocenters. The Labute approximate surface area is 124 Å². The summed E-state index contributed by atoms with van der Waals surface area (Å²) in [5, 5.41) is 0. The van der Waals surface area contributed by atoms with E-state index in [4.69, 9.17) is 0 Å². The molecule has 0 bridgehead atoms. The predicted octanol–water partition coefficient (Wildman–Crippen LogP) is 3.53. The minimum absolute atomic E-state index is 0.356. The van der Waals surface area contributed by atoms with Crippen LogP contribution in [0.15, 0.2) is 30.6 Å². The van der Waals surface area contributed by atoms with Gasteiger partial charge in [-0.2, -0.15) is 0 Å². The van der Waals surface area contributed by atoms with Crippen molar-refractivity contribution in [3.63, 3.8) is 0 Å². The van der Waals surface area contributed by atoms with Crippen LogP contribution in [0.2, 0.25) is 0 Å². The number of aromatic nitrogens is 2. The molecule has 3 rings (SSSR count). The van der Waals surface area contributed by atoms with Gasteiger partial charge in [-0.3, -0.25) is 4.98 Å². The zero-order valence-electron chi connectivity index (χ0n) is 12.3. The van der Waals surface area contributed by atoms with Gasteiger partial charge in [0.25, 0.3) is 0 Å². The Hall–Kier alpha value is -2.21. The highest BCUT2D eigenvalue weighted by molar-refractivity contribution is 5.40. The van der Waals surface area contributed by atoms with E-state index in [2.05, 4.69) is 41.7 Å². The summed E-state index contributed by atoms with van der Waals surface area (Å²) in [5.74, 6) is 5.53. The highest BCUT2D eigenvalue weighted by Gasteiger charge is 2.25. The zero-order valence-corrected chi connectivity index (χ0v) is 12.3. The third-order valence-electron chi connectivity index (χ3n) is 3.82. The van der Waals surface area contributed by atoms with E-state index in [1.165, 1.54) is 17.8 Å². The highest BCUT2D eigenvalue weighted by atomic mass is 19.1. The van der Waals surface area contributed by atoms with Crippen LogP contribution in [-0.4, -0.2) is 9.97 Å². The van der Waals surface area contributed by atoms with E-state index in [-0.39, 0.29) is 5.82 Å². The molecule has 2 aromatic rings. The molecule has 2 aromatic heterocycles. The Morgan fingerprint density at radius 3 is 2.86 bits per heavy atom. The maximum atomic E-state index is 13.0. The normalized spacial score (nSPS) is 15.8. The van der Waals surface area contributed by atoms with E-state index in [1.54, 1.807) is 6.20 Å². The molecule has 0 radical (unpaired) electrons. The summed E-state index contributed by atoms with van der Waals surface area (Å²) >= 11 is 0. The van der Waals surface area contributed by atoms with Crippen molar-refractivity contribution in [2.24, 2.45) is 5.41 Å². The number of nitrogens with zero attached hydrogens (tertiary/aromatic N) is 2. The fourth-order valence-corrected chi connectivity index (χ4v) is 2.65. The summed E-state index contributed by atoms with van der Waals surface area (Å²) in [7, 11) is 0. The number of rotatable bonds is 0. The van der Waals surface area contributed by atoms with Gasteiger partial charge in [-0.25, -0.2) is 9.37 Å². The van der Waals surface area contributed by atoms with Gasteiger partial charge >= 0.3 is 0 Å². The van der Waals surface area contributed by atoms with Gasteiger partial charge in [0, 0.05) is 17.5 Å². The van der Waals surface area contributed by atoms with Crippen LogP contribution in [0.4, 0.5) is 4.39 Å². The summed E-state index contributed by atoms with van der Waals surface area (Å²) in [4.78, 5) is 8.41. The summed E-state index contributed by atoms with van der Waals surface area (Å²) < 4.78 is 13.0. The molecule has 0 saturated carbocycles. The zero-order chi connectivity index (χ0) is 14.9. The molecule has 0 aliphatic heterocycles. The van der Waals surface area contributed by atoms with Crippen molar-refractivity contribution in [3.05, 3.63) is 58.9 Å². The molecule has 0 spiro atoms. The van der Waals surface area contributed by atoms with E-state index < -0.39 is 0 Å². The first-order valence-corrected chi connectivity index (χ1v) is 7.13. The Kier molecular flexibility index (Phi) is 3.47. The molecule has 106 valence electrons. The van der Waals surface area contributed by atoms with Crippen molar-refractivity contribution in [2.75, 3.05) is 0 Å².